The third kappa shape index (κ3) is 3.55. The number of aryl methyl sites for hydroxylation is 2. The normalized spacial score (nSPS) is 10.9. The largest absolute Gasteiger partial charge is 0.308 e. The zero-order valence-electron chi connectivity index (χ0n) is 11.1. The van der Waals surface area contributed by atoms with E-state index < -0.39 is 0 Å². The maximum Gasteiger partial charge on any atom is 0.142 e. The molecule has 0 fully saturated rings. The number of rotatable bonds is 5. The number of aromatic nitrogens is 2. The van der Waals surface area contributed by atoms with Crippen molar-refractivity contribution in [2.75, 3.05) is 0 Å². The molecule has 0 aliphatic carbocycles. The number of benzene rings is 1. The summed E-state index contributed by atoms with van der Waals surface area (Å²) in [6.07, 6.45) is 2.92. The van der Waals surface area contributed by atoms with Gasteiger partial charge in [-0.2, -0.15) is 5.10 Å². The Kier molecular flexibility index (Phi) is 4.56. The molecule has 0 unspecified atom stereocenters. The van der Waals surface area contributed by atoms with Crippen molar-refractivity contribution in [3.8, 4) is 0 Å². The third-order valence-corrected chi connectivity index (χ3v) is 3.26. The number of nitrogens with zero attached hydrogens (tertiary/aromatic N) is 2. The monoisotopic (exact) mass is 281 g/mol. The number of nitrogens with one attached hydrogen (secondary N) is 1. The van der Waals surface area contributed by atoms with Crippen LogP contribution in [0.3, 0.4) is 0 Å². The molecule has 0 radical (unpaired) electrons. The molecule has 2 rings (SSSR count). The van der Waals surface area contributed by atoms with Gasteiger partial charge in [0.25, 0.3) is 0 Å². The van der Waals surface area contributed by atoms with Crippen molar-refractivity contribution in [3.05, 3.63) is 52.1 Å². The second-order valence-corrected chi connectivity index (χ2v) is 4.89. The molecule has 19 heavy (non-hydrogen) atoms. The minimum absolute atomic E-state index is 0.157. The highest BCUT2D eigenvalue weighted by atomic mass is 35.5. The SMILES string of the molecule is CCc1nn(C)cc1CNCc1ccc(Cl)c(F)c1. The zero-order valence-corrected chi connectivity index (χ0v) is 11.8. The van der Waals surface area contributed by atoms with E-state index >= 15 is 0 Å². The highest BCUT2D eigenvalue weighted by Gasteiger charge is 2.05. The molecule has 1 aromatic heterocycles. The fourth-order valence-corrected chi connectivity index (χ4v) is 2.14. The molecular formula is C14H17ClFN3. The summed E-state index contributed by atoms with van der Waals surface area (Å²) < 4.78 is 15.1. The molecule has 1 aromatic carbocycles. The zero-order chi connectivity index (χ0) is 13.8. The van der Waals surface area contributed by atoms with Crippen molar-refractivity contribution in [2.45, 2.75) is 26.4 Å². The minimum Gasteiger partial charge on any atom is -0.308 e. The fourth-order valence-electron chi connectivity index (χ4n) is 2.02. The van der Waals surface area contributed by atoms with E-state index in [1.54, 1.807) is 6.07 Å². The van der Waals surface area contributed by atoms with E-state index in [1.165, 1.54) is 11.6 Å². The van der Waals surface area contributed by atoms with Crippen LogP contribution >= 0.6 is 11.6 Å². The van der Waals surface area contributed by atoms with E-state index in [1.807, 2.05) is 24.0 Å². The Hall–Kier alpha value is -1.39. The van der Waals surface area contributed by atoms with Gasteiger partial charge in [-0.05, 0) is 24.1 Å². The van der Waals surface area contributed by atoms with Crippen molar-refractivity contribution in [2.24, 2.45) is 7.05 Å². The van der Waals surface area contributed by atoms with Gasteiger partial charge in [-0.25, -0.2) is 4.39 Å². The standard InChI is InChI=1S/C14H17ClFN3/c1-3-14-11(9-19(2)18-14)8-17-7-10-4-5-12(15)13(16)6-10/h4-6,9,17H,3,7-8H2,1-2H3. The predicted octanol–water partition coefficient (Wildman–Crippen LogP) is 3.06. The van der Waals surface area contributed by atoms with E-state index in [-0.39, 0.29) is 10.8 Å². The first-order chi connectivity index (χ1) is 9.10. The first-order valence-corrected chi connectivity index (χ1v) is 6.64. The molecule has 1 N–H and O–H groups in total. The van der Waals surface area contributed by atoms with Crippen LogP contribution in [0.15, 0.2) is 24.4 Å². The molecule has 3 nitrogen and oxygen atoms in total. The van der Waals surface area contributed by atoms with Gasteiger partial charge in [-0.3, -0.25) is 4.68 Å². The van der Waals surface area contributed by atoms with Crippen molar-refractivity contribution in [3.63, 3.8) is 0 Å². The fraction of sp³-hybridized carbons (Fsp3) is 0.357. The molecular weight excluding hydrogens is 265 g/mol. The van der Waals surface area contributed by atoms with Gasteiger partial charge in [0.2, 0.25) is 0 Å². The van der Waals surface area contributed by atoms with Crippen molar-refractivity contribution < 1.29 is 4.39 Å². The summed E-state index contributed by atoms with van der Waals surface area (Å²) in [7, 11) is 1.91. The van der Waals surface area contributed by atoms with Crippen LogP contribution in [0.25, 0.3) is 0 Å². The van der Waals surface area contributed by atoms with Gasteiger partial charge in [0.05, 0.1) is 10.7 Å². The Balaban J connectivity index is 1.94. The Morgan fingerprint density at radius 3 is 2.84 bits per heavy atom. The molecule has 1 heterocycles. The second-order valence-electron chi connectivity index (χ2n) is 4.48. The first-order valence-electron chi connectivity index (χ1n) is 6.26. The van der Waals surface area contributed by atoms with Gasteiger partial charge in [0.15, 0.2) is 0 Å². The molecule has 0 aliphatic heterocycles. The molecule has 0 aliphatic rings. The smallest absolute Gasteiger partial charge is 0.142 e. The van der Waals surface area contributed by atoms with E-state index in [9.17, 15) is 4.39 Å². The minimum atomic E-state index is -0.378. The van der Waals surface area contributed by atoms with Crippen LogP contribution in [0.4, 0.5) is 4.39 Å². The van der Waals surface area contributed by atoms with Gasteiger partial charge in [-0.15, -0.1) is 0 Å². The van der Waals surface area contributed by atoms with Crippen LogP contribution in [-0.4, -0.2) is 9.78 Å². The van der Waals surface area contributed by atoms with Crippen molar-refractivity contribution >= 4 is 11.6 Å². The van der Waals surface area contributed by atoms with E-state index in [4.69, 9.17) is 11.6 Å². The molecule has 5 heteroatoms. The van der Waals surface area contributed by atoms with Crippen LogP contribution in [-0.2, 0) is 26.6 Å². The van der Waals surface area contributed by atoms with Crippen LogP contribution in [0.5, 0.6) is 0 Å². The van der Waals surface area contributed by atoms with Crippen molar-refractivity contribution in [1.82, 2.24) is 15.1 Å². The molecule has 0 saturated heterocycles. The Morgan fingerprint density at radius 1 is 1.37 bits per heavy atom. The summed E-state index contributed by atoms with van der Waals surface area (Å²) in [4.78, 5) is 0. The quantitative estimate of drug-likeness (QED) is 0.913. The lowest BCUT2D eigenvalue weighted by Gasteiger charge is -2.05. The Bertz CT molecular complexity index is 566. The molecule has 102 valence electrons. The summed E-state index contributed by atoms with van der Waals surface area (Å²) >= 11 is 5.65. The molecule has 0 spiro atoms. The maximum atomic E-state index is 13.3. The first kappa shape index (κ1) is 14.0. The topological polar surface area (TPSA) is 29.9 Å². The highest BCUT2D eigenvalue weighted by Crippen LogP contribution is 2.15. The average Bonchev–Trinajstić information content (AvgIpc) is 2.74. The average molecular weight is 282 g/mol. The van der Waals surface area contributed by atoms with Gasteiger partial charge in [0.1, 0.15) is 5.82 Å². The summed E-state index contributed by atoms with van der Waals surface area (Å²) in [5.74, 6) is -0.378. The van der Waals surface area contributed by atoms with Gasteiger partial charge in [0, 0.05) is 31.9 Å². The lowest BCUT2D eigenvalue weighted by molar-refractivity contribution is 0.620. The highest BCUT2D eigenvalue weighted by molar-refractivity contribution is 6.30. The number of halogens is 2. The van der Waals surface area contributed by atoms with Gasteiger partial charge >= 0.3 is 0 Å². The maximum absolute atomic E-state index is 13.3. The number of hydrogen-bond donors (Lipinski definition) is 1. The molecule has 2 aromatic rings. The van der Waals surface area contributed by atoms with Gasteiger partial charge in [-0.1, -0.05) is 24.6 Å². The number of hydrogen-bond acceptors (Lipinski definition) is 2. The van der Waals surface area contributed by atoms with E-state index in [0.717, 1.165) is 24.2 Å². The van der Waals surface area contributed by atoms with Crippen molar-refractivity contribution in [1.29, 1.82) is 0 Å². The van der Waals surface area contributed by atoms with Crippen LogP contribution in [0.1, 0.15) is 23.7 Å². The predicted molar refractivity (Wildman–Crippen MR) is 74.5 cm³/mol. The van der Waals surface area contributed by atoms with Crippen LogP contribution in [0, 0.1) is 5.82 Å². The molecule has 0 saturated carbocycles. The lowest BCUT2D eigenvalue weighted by Crippen LogP contribution is -2.13. The van der Waals surface area contributed by atoms with Crippen LogP contribution in [0.2, 0.25) is 5.02 Å². The summed E-state index contributed by atoms with van der Waals surface area (Å²) in [5, 5.41) is 7.83. The second kappa shape index (κ2) is 6.17. The summed E-state index contributed by atoms with van der Waals surface area (Å²) in [6, 6.07) is 4.86. The van der Waals surface area contributed by atoms with E-state index in [0.29, 0.717) is 6.54 Å². The summed E-state index contributed by atoms with van der Waals surface area (Å²) in [5.41, 5.74) is 3.15. The molecule has 0 amide bonds. The molecule has 0 atom stereocenters. The van der Waals surface area contributed by atoms with E-state index in [2.05, 4.69) is 17.3 Å². The van der Waals surface area contributed by atoms with Crippen LogP contribution < -0.4 is 5.32 Å². The Morgan fingerprint density at radius 2 is 2.16 bits per heavy atom. The lowest BCUT2D eigenvalue weighted by atomic mass is 10.2. The van der Waals surface area contributed by atoms with Gasteiger partial charge < -0.3 is 5.32 Å². The summed E-state index contributed by atoms with van der Waals surface area (Å²) in [6.45, 7) is 3.41. The molecule has 0 bridgehead atoms. The Labute approximate surface area is 117 Å². The third-order valence-electron chi connectivity index (χ3n) is 2.96.